The van der Waals surface area contributed by atoms with Crippen molar-refractivity contribution >= 4 is 11.6 Å². The molecule has 0 aromatic heterocycles. The van der Waals surface area contributed by atoms with E-state index in [0.29, 0.717) is 18.4 Å². The van der Waals surface area contributed by atoms with Crippen LogP contribution in [0.2, 0.25) is 0 Å². The zero-order valence-electron chi connectivity index (χ0n) is 10.8. The number of halogens is 1. The van der Waals surface area contributed by atoms with Gasteiger partial charge in [-0.1, -0.05) is 24.3 Å². The molecule has 2 rings (SSSR count). The summed E-state index contributed by atoms with van der Waals surface area (Å²) in [7, 11) is 0. The summed E-state index contributed by atoms with van der Waals surface area (Å²) in [6.07, 6.45) is 3.85. The van der Waals surface area contributed by atoms with E-state index in [0.717, 1.165) is 19.7 Å². The molecule has 0 spiro atoms. The van der Waals surface area contributed by atoms with Crippen LogP contribution in [-0.2, 0) is 11.2 Å². The van der Waals surface area contributed by atoms with Crippen molar-refractivity contribution in [3.63, 3.8) is 0 Å². The summed E-state index contributed by atoms with van der Waals surface area (Å²) in [6, 6.07) is 8.85. The van der Waals surface area contributed by atoms with Gasteiger partial charge in [0.05, 0.1) is 13.2 Å². The maximum Gasteiger partial charge on any atom is 0.0602 e. The Morgan fingerprint density at radius 2 is 2.17 bits per heavy atom. The Morgan fingerprint density at radius 3 is 3.06 bits per heavy atom. The highest BCUT2D eigenvalue weighted by Gasteiger charge is 2.18. The van der Waals surface area contributed by atoms with Gasteiger partial charge >= 0.3 is 0 Å². The lowest BCUT2D eigenvalue weighted by Crippen LogP contribution is -2.27. The quantitative estimate of drug-likeness (QED) is 0.606. The van der Waals surface area contributed by atoms with E-state index >= 15 is 0 Å². The van der Waals surface area contributed by atoms with Crippen LogP contribution >= 0.6 is 11.6 Å². The average molecular weight is 268 g/mol. The average Bonchev–Trinajstić information content (AvgIpc) is 2.43. The van der Waals surface area contributed by atoms with Crippen molar-refractivity contribution in [2.75, 3.05) is 32.2 Å². The van der Waals surface area contributed by atoms with Crippen molar-refractivity contribution < 1.29 is 4.74 Å². The highest BCUT2D eigenvalue weighted by molar-refractivity contribution is 6.17. The van der Waals surface area contributed by atoms with E-state index in [9.17, 15) is 0 Å². The van der Waals surface area contributed by atoms with Gasteiger partial charge in [-0.25, -0.2) is 0 Å². The second-order valence-corrected chi connectivity index (χ2v) is 5.17. The molecular weight excluding hydrogens is 246 g/mol. The van der Waals surface area contributed by atoms with Gasteiger partial charge in [-0.05, 0) is 36.3 Å². The molecule has 1 aromatic rings. The Bertz CT molecular complexity index is 356. The van der Waals surface area contributed by atoms with E-state index < -0.39 is 0 Å². The second kappa shape index (κ2) is 7.78. The molecule has 1 N–H and O–H groups in total. The van der Waals surface area contributed by atoms with E-state index in [4.69, 9.17) is 16.3 Å². The van der Waals surface area contributed by atoms with E-state index in [-0.39, 0.29) is 0 Å². The van der Waals surface area contributed by atoms with Crippen molar-refractivity contribution in [2.45, 2.75) is 25.2 Å². The molecule has 0 saturated carbocycles. The first-order valence-electron chi connectivity index (χ1n) is 6.84. The first kappa shape index (κ1) is 13.9. The first-order chi connectivity index (χ1) is 8.92. The van der Waals surface area contributed by atoms with Crippen LogP contribution in [-0.4, -0.2) is 32.2 Å². The number of nitrogens with one attached hydrogen (secondary N) is 1. The minimum absolute atomic E-state index is 0.579. The fraction of sp³-hybridized carbons (Fsp3) is 0.600. The van der Waals surface area contributed by atoms with Crippen LogP contribution in [0.4, 0.5) is 0 Å². The normalized spacial score (nSPS) is 18.6. The zero-order chi connectivity index (χ0) is 12.6. The molecule has 0 aliphatic heterocycles. The lowest BCUT2D eigenvalue weighted by molar-refractivity contribution is 0.150. The van der Waals surface area contributed by atoms with Crippen molar-refractivity contribution in [3.8, 4) is 0 Å². The van der Waals surface area contributed by atoms with Gasteiger partial charge in [0.2, 0.25) is 0 Å². The zero-order valence-corrected chi connectivity index (χ0v) is 11.6. The Morgan fingerprint density at radius 1 is 1.28 bits per heavy atom. The van der Waals surface area contributed by atoms with E-state index in [1.165, 1.54) is 30.4 Å². The minimum atomic E-state index is 0.579. The van der Waals surface area contributed by atoms with Gasteiger partial charge in [0.15, 0.2) is 0 Å². The first-order valence-corrected chi connectivity index (χ1v) is 7.37. The molecule has 18 heavy (non-hydrogen) atoms. The lowest BCUT2D eigenvalue weighted by atomic mass is 9.83. The van der Waals surface area contributed by atoms with Crippen LogP contribution in [0.3, 0.4) is 0 Å². The fourth-order valence-corrected chi connectivity index (χ4v) is 2.75. The number of rotatable bonds is 7. The van der Waals surface area contributed by atoms with Crippen LogP contribution in [0.15, 0.2) is 24.3 Å². The number of benzene rings is 1. The Balaban J connectivity index is 1.74. The molecule has 0 bridgehead atoms. The smallest absolute Gasteiger partial charge is 0.0602 e. The highest BCUT2D eigenvalue weighted by atomic mass is 35.5. The van der Waals surface area contributed by atoms with Gasteiger partial charge in [0.1, 0.15) is 0 Å². The van der Waals surface area contributed by atoms with Crippen molar-refractivity contribution in [1.29, 1.82) is 0 Å². The molecule has 0 amide bonds. The van der Waals surface area contributed by atoms with Crippen LogP contribution in [0.25, 0.3) is 0 Å². The topological polar surface area (TPSA) is 21.3 Å². The third kappa shape index (κ3) is 3.98. The van der Waals surface area contributed by atoms with Crippen molar-refractivity contribution in [2.24, 2.45) is 0 Å². The van der Waals surface area contributed by atoms with Gasteiger partial charge in [-0.3, -0.25) is 0 Å². The summed E-state index contributed by atoms with van der Waals surface area (Å²) in [4.78, 5) is 0. The van der Waals surface area contributed by atoms with Gasteiger partial charge < -0.3 is 10.1 Å². The predicted octanol–water partition coefficient (Wildman–Crippen LogP) is 2.95. The van der Waals surface area contributed by atoms with E-state index in [2.05, 4.69) is 29.6 Å². The summed E-state index contributed by atoms with van der Waals surface area (Å²) in [6.45, 7) is 3.37. The van der Waals surface area contributed by atoms with Crippen molar-refractivity contribution in [3.05, 3.63) is 35.4 Å². The summed E-state index contributed by atoms with van der Waals surface area (Å²) in [5, 5.41) is 3.49. The van der Waals surface area contributed by atoms with Gasteiger partial charge in [-0.15, -0.1) is 11.6 Å². The standard InChI is InChI=1S/C15H22ClNO/c16-8-10-18-11-9-17-12-14-6-3-5-13-4-1-2-7-15(13)14/h1-2,4,7,14,17H,3,5-6,8-12H2. The third-order valence-electron chi connectivity index (χ3n) is 3.53. The highest BCUT2D eigenvalue weighted by Crippen LogP contribution is 2.30. The number of hydrogen-bond acceptors (Lipinski definition) is 2. The Kier molecular flexibility index (Phi) is 5.98. The number of aryl methyl sites for hydroxylation is 1. The van der Waals surface area contributed by atoms with E-state index in [1.54, 1.807) is 0 Å². The Labute approximate surface area is 115 Å². The minimum Gasteiger partial charge on any atom is -0.379 e. The molecule has 1 unspecified atom stereocenters. The molecule has 0 heterocycles. The molecule has 3 heteroatoms. The number of fused-ring (bicyclic) bond motifs is 1. The lowest BCUT2D eigenvalue weighted by Gasteiger charge is -2.25. The van der Waals surface area contributed by atoms with Gasteiger partial charge in [-0.2, -0.15) is 0 Å². The monoisotopic (exact) mass is 267 g/mol. The molecule has 1 atom stereocenters. The maximum absolute atomic E-state index is 5.55. The fourth-order valence-electron chi connectivity index (χ4n) is 2.64. The molecule has 100 valence electrons. The molecule has 0 radical (unpaired) electrons. The molecule has 1 aliphatic carbocycles. The summed E-state index contributed by atoms with van der Waals surface area (Å²) in [5.74, 6) is 1.25. The molecule has 1 aliphatic rings. The van der Waals surface area contributed by atoms with Crippen molar-refractivity contribution in [1.82, 2.24) is 5.32 Å². The summed E-state index contributed by atoms with van der Waals surface area (Å²) in [5.41, 5.74) is 3.08. The number of hydrogen-bond donors (Lipinski definition) is 1. The predicted molar refractivity (Wildman–Crippen MR) is 76.5 cm³/mol. The van der Waals surface area contributed by atoms with Crippen LogP contribution < -0.4 is 5.32 Å². The molecule has 2 nitrogen and oxygen atoms in total. The SMILES string of the molecule is ClCCOCCNCC1CCCc2ccccc21. The third-order valence-corrected chi connectivity index (χ3v) is 3.68. The van der Waals surface area contributed by atoms with Crippen LogP contribution in [0, 0.1) is 0 Å². The largest absolute Gasteiger partial charge is 0.379 e. The summed E-state index contributed by atoms with van der Waals surface area (Å²) >= 11 is 5.55. The molecular formula is C15H22ClNO. The van der Waals surface area contributed by atoms with Gasteiger partial charge in [0, 0.05) is 19.0 Å². The van der Waals surface area contributed by atoms with E-state index in [1.807, 2.05) is 0 Å². The maximum atomic E-state index is 5.55. The molecule has 1 aromatic carbocycles. The number of ether oxygens (including phenoxy) is 1. The summed E-state index contributed by atoms with van der Waals surface area (Å²) < 4.78 is 5.35. The molecule has 0 fully saturated rings. The number of alkyl halides is 1. The molecule has 0 saturated heterocycles. The Hall–Kier alpha value is -0.570. The van der Waals surface area contributed by atoms with Gasteiger partial charge in [0.25, 0.3) is 0 Å². The van der Waals surface area contributed by atoms with Crippen LogP contribution in [0.1, 0.15) is 29.9 Å². The second-order valence-electron chi connectivity index (χ2n) is 4.79. The van der Waals surface area contributed by atoms with Crippen LogP contribution in [0.5, 0.6) is 0 Å².